The highest BCUT2D eigenvalue weighted by molar-refractivity contribution is 6.34. The molecule has 1 heterocycles. The van der Waals surface area contributed by atoms with Crippen molar-refractivity contribution >= 4 is 35.1 Å². The van der Waals surface area contributed by atoms with E-state index in [-0.39, 0.29) is 12.5 Å². The Labute approximate surface area is 199 Å². The number of imidazole rings is 1. The van der Waals surface area contributed by atoms with E-state index < -0.39 is 23.9 Å². The fourth-order valence-corrected chi connectivity index (χ4v) is 3.95. The molecule has 0 aliphatic carbocycles. The van der Waals surface area contributed by atoms with Gasteiger partial charge < -0.3 is 19.7 Å². The minimum absolute atomic E-state index is 0.122. The first-order valence-electron chi connectivity index (χ1n) is 10.8. The zero-order chi connectivity index (χ0) is 23.7. The van der Waals surface area contributed by atoms with Crippen LogP contribution in [0.3, 0.4) is 0 Å². The fraction of sp³-hybridized carbons (Fsp3) is 0.522. The number of nitrogens with one attached hydrogen (secondary N) is 1. The third kappa shape index (κ3) is 8.11. The standard InChI is InChI=1S/C23H31Cl2N3O4/c1-4-5-6-32-23(31)19(11-27-20(22(29)30)7-15(2)3)21-12-26-14-28(21)13-16-8-17(24)10-18(25)9-16/h8-10,12,14-15,19-20,27H,4-7,11,13H2,1-3H3,(H,29,30). The summed E-state index contributed by atoms with van der Waals surface area (Å²) in [6, 6.07) is 4.49. The highest BCUT2D eigenvalue weighted by Gasteiger charge is 2.28. The molecule has 0 fully saturated rings. The molecule has 1 aromatic carbocycles. The van der Waals surface area contributed by atoms with Gasteiger partial charge in [-0.1, -0.05) is 50.4 Å². The number of unbranched alkanes of at least 4 members (excludes halogenated alkanes) is 1. The summed E-state index contributed by atoms with van der Waals surface area (Å²) >= 11 is 12.2. The van der Waals surface area contributed by atoms with Crippen molar-refractivity contribution in [2.45, 2.75) is 58.5 Å². The Morgan fingerprint density at radius 1 is 1.22 bits per heavy atom. The van der Waals surface area contributed by atoms with Gasteiger partial charge in [0.25, 0.3) is 0 Å². The fourth-order valence-electron chi connectivity index (χ4n) is 3.38. The number of esters is 1. The first-order valence-corrected chi connectivity index (χ1v) is 11.5. The number of hydrogen-bond donors (Lipinski definition) is 2. The van der Waals surface area contributed by atoms with E-state index in [1.165, 1.54) is 0 Å². The predicted octanol–water partition coefficient (Wildman–Crippen LogP) is 4.75. The van der Waals surface area contributed by atoms with E-state index in [1.807, 2.05) is 25.3 Å². The lowest BCUT2D eigenvalue weighted by Crippen LogP contribution is -2.42. The lowest BCUT2D eigenvalue weighted by atomic mass is 10.0. The summed E-state index contributed by atoms with van der Waals surface area (Å²) < 4.78 is 7.30. The van der Waals surface area contributed by atoms with Gasteiger partial charge in [-0.3, -0.25) is 9.59 Å². The van der Waals surface area contributed by atoms with E-state index in [2.05, 4.69) is 10.3 Å². The number of halogens is 2. The molecule has 2 rings (SSSR count). The highest BCUT2D eigenvalue weighted by atomic mass is 35.5. The zero-order valence-corrected chi connectivity index (χ0v) is 20.2. The number of ether oxygens (including phenoxy) is 1. The van der Waals surface area contributed by atoms with Crippen molar-refractivity contribution in [2.75, 3.05) is 13.2 Å². The van der Waals surface area contributed by atoms with E-state index >= 15 is 0 Å². The van der Waals surface area contributed by atoms with Gasteiger partial charge in [0, 0.05) is 29.3 Å². The van der Waals surface area contributed by atoms with E-state index in [0.717, 1.165) is 18.4 Å². The molecule has 0 amide bonds. The average molecular weight is 484 g/mol. The number of aromatic nitrogens is 2. The number of aliphatic carboxylic acids is 1. The molecular weight excluding hydrogens is 453 g/mol. The maximum atomic E-state index is 12.9. The predicted molar refractivity (Wildman–Crippen MR) is 125 cm³/mol. The Bertz CT molecular complexity index is 881. The Morgan fingerprint density at radius 2 is 1.91 bits per heavy atom. The van der Waals surface area contributed by atoms with E-state index in [0.29, 0.717) is 35.3 Å². The molecule has 7 nitrogen and oxygen atoms in total. The number of rotatable bonds is 13. The first kappa shape index (κ1) is 26.2. The highest BCUT2D eigenvalue weighted by Crippen LogP contribution is 2.23. The van der Waals surface area contributed by atoms with Crippen LogP contribution in [0, 0.1) is 5.92 Å². The lowest BCUT2D eigenvalue weighted by molar-refractivity contribution is -0.146. The third-order valence-corrected chi connectivity index (χ3v) is 5.41. The van der Waals surface area contributed by atoms with Crippen molar-refractivity contribution < 1.29 is 19.4 Å². The molecule has 0 aliphatic heterocycles. The van der Waals surface area contributed by atoms with Gasteiger partial charge in [0.1, 0.15) is 12.0 Å². The summed E-state index contributed by atoms with van der Waals surface area (Å²) in [4.78, 5) is 28.8. The van der Waals surface area contributed by atoms with E-state index in [1.54, 1.807) is 30.7 Å². The molecule has 1 aromatic heterocycles. The van der Waals surface area contributed by atoms with Crippen LogP contribution in [0.5, 0.6) is 0 Å². The molecule has 0 aliphatic rings. The number of benzene rings is 1. The number of carbonyl (C=O) groups is 2. The van der Waals surface area contributed by atoms with Crippen LogP contribution in [0.2, 0.25) is 10.0 Å². The van der Waals surface area contributed by atoms with Gasteiger partial charge in [0.2, 0.25) is 0 Å². The van der Waals surface area contributed by atoms with E-state index in [9.17, 15) is 14.7 Å². The number of hydrogen-bond acceptors (Lipinski definition) is 5. The summed E-state index contributed by atoms with van der Waals surface area (Å²) in [5.41, 5.74) is 1.49. The van der Waals surface area contributed by atoms with Gasteiger partial charge in [0.05, 0.1) is 18.6 Å². The Morgan fingerprint density at radius 3 is 2.50 bits per heavy atom. The van der Waals surface area contributed by atoms with Crippen LogP contribution < -0.4 is 5.32 Å². The van der Waals surface area contributed by atoms with Crippen molar-refractivity contribution in [3.63, 3.8) is 0 Å². The summed E-state index contributed by atoms with van der Waals surface area (Å²) in [5, 5.41) is 13.6. The maximum absolute atomic E-state index is 12.9. The maximum Gasteiger partial charge on any atom is 0.320 e. The van der Waals surface area contributed by atoms with Gasteiger partial charge in [-0.25, -0.2) is 4.98 Å². The van der Waals surface area contributed by atoms with Crippen LogP contribution >= 0.6 is 23.2 Å². The molecule has 2 atom stereocenters. The molecule has 2 aromatic rings. The van der Waals surface area contributed by atoms with Crippen LogP contribution in [0.25, 0.3) is 0 Å². The second-order valence-corrected chi connectivity index (χ2v) is 9.10. The molecule has 0 saturated heterocycles. The van der Waals surface area contributed by atoms with E-state index in [4.69, 9.17) is 27.9 Å². The second-order valence-electron chi connectivity index (χ2n) is 8.23. The minimum Gasteiger partial charge on any atom is -0.480 e. The monoisotopic (exact) mass is 483 g/mol. The number of carboxylic acid groups (broad SMARTS) is 1. The molecule has 176 valence electrons. The Balaban J connectivity index is 2.26. The van der Waals surface area contributed by atoms with Crippen LogP contribution in [0.15, 0.2) is 30.7 Å². The largest absolute Gasteiger partial charge is 0.480 e. The minimum atomic E-state index is -0.945. The van der Waals surface area contributed by atoms with Crippen LogP contribution in [0.4, 0.5) is 0 Å². The SMILES string of the molecule is CCCCOC(=O)C(CNC(CC(C)C)C(=O)O)c1cncn1Cc1cc(Cl)cc(Cl)c1. The van der Waals surface area contributed by atoms with Crippen molar-refractivity contribution in [3.05, 3.63) is 52.0 Å². The summed E-state index contributed by atoms with van der Waals surface area (Å²) in [6.07, 6.45) is 5.35. The van der Waals surface area contributed by atoms with Gasteiger partial charge >= 0.3 is 11.9 Å². The van der Waals surface area contributed by atoms with Gasteiger partial charge in [-0.15, -0.1) is 0 Å². The quantitative estimate of drug-likeness (QED) is 0.315. The lowest BCUT2D eigenvalue weighted by Gasteiger charge is -2.22. The normalized spacial score (nSPS) is 13.2. The van der Waals surface area contributed by atoms with Gasteiger partial charge in [-0.2, -0.15) is 0 Å². The van der Waals surface area contributed by atoms with Crippen molar-refractivity contribution in [1.82, 2.24) is 14.9 Å². The molecule has 2 N–H and O–H groups in total. The molecule has 2 unspecified atom stereocenters. The Hall–Kier alpha value is -2.09. The molecule has 0 saturated carbocycles. The molecule has 0 radical (unpaired) electrons. The van der Waals surface area contributed by atoms with Crippen molar-refractivity contribution in [3.8, 4) is 0 Å². The van der Waals surface area contributed by atoms with Crippen LogP contribution in [0.1, 0.15) is 57.2 Å². The number of nitrogens with zero attached hydrogens (tertiary/aromatic N) is 2. The first-order chi connectivity index (χ1) is 15.2. The van der Waals surface area contributed by atoms with Crippen LogP contribution in [-0.4, -0.2) is 45.8 Å². The van der Waals surface area contributed by atoms with Gasteiger partial charge in [0.15, 0.2) is 0 Å². The zero-order valence-electron chi connectivity index (χ0n) is 18.7. The molecule has 0 spiro atoms. The molecule has 9 heteroatoms. The van der Waals surface area contributed by atoms with Crippen molar-refractivity contribution in [2.24, 2.45) is 5.92 Å². The molecule has 32 heavy (non-hydrogen) atoms. The average Bonchev–Trinajstić information content (AvgIpc) is 3.14. The molecular formula is C23H31Cl2N3O4. The second kappa shape index (κ2) is 12.8. The van der Waals surface area contributed by atoms with Crippen molar-refractivity contribution in [1.29, 1.82) is 0 Å². The number of carbonyl (C=O) groups excluding carboxylic acids is 1. The number of carboxylic acids is 1. The van der Waals surface area contributed by atoms with Gasteiger partial charge in [-0.05, 0) is 42.5 Å². The van der Waals surface area contributed by atoms with Crippen LogP contribution in [-0.2, 0) is 20.9 Å². The molecule has 0 bridgehead atoms. The third-order valence-electron chi connectivity index (χ3n) is 4.98. The summed E-state index contributed by atoms with van der Waals surface area (Å²) in [5.74, 6) is -1.88. The topological polar surface area (TPSA) is 93.4 Å². The summed E-state index contributed by atoms with van der Waals surface area (Å²) in [6.45, 7) is 6.78. The Kier molecular flexibility index (Phi) is 10.5. The smallest absolute Gasteiger partial charge is 0.320 e. The summed E-state index contributed by atoms with van der Waals surface area (Å²) in [7, 11) is 0.